The molecule has 1 aromatic carbocycles. The summed E-state index contributed by atoms with van der Waals surface area (Å²) in [6, 6.07) is 5.92. The Kier molecular flexibility index (Phi) is 4.90. The van der Waals surface area contributed by atoms with Crippen LogP contribution in [0.15, 0.2) is 18.2 Å². The van der Waals surface area contributed by atoms with Crippen molar-refractivity contribution in [2.24, 2.45) is 5.73 Å². The number of primary amides is 1. The van der Waals surface area contributed by atoms with Crippen LogP contribution in [0.5, 0.6) is 11.5 Å². The van der Waals surface area contributed by atoms with Crippen LogP contribution in [-0.4, -0.2) is 25.0 Å². The number of hydrogen-bond donors (Lipinski definition) is 2. The maximum absolute atomic E-state index is 10.7. The Morgan fingerprint density at radius 1 is 1.38 bits per heavy atom. The molecule has 21 heavy (non-hydrogen) atoms. The fraction of sp³-hybridized carbons (Fsp3) is 0.533. The highest BCUT2D eigenvalue weighted by Crippen LogP contribution is 2.32. The van der Waals surface area contributed by atoms with Gasteiger partial charge in [0.15, 0.2) is 11.5 Å². The Labute approximate surface area is 124 Å². The van der Waals surface area contributed by atoms with E-state index in [2.05, 4.69) is 5.32 Å². The summed E-state index contributed by atoms with van der Waals surface area (Å²) in [6.07, 6.45) is 0.919. The summed E-state index contributed by atoms with van der Waals surface area (Å²) in [5.74, 6) is 1.59. The fourth-order valence-corrected chi connectivity index (χ4v) is 2.25. The number of hydrogen-bond acceptors (Lipinski definition) is 5. The summed E-state index contributed by atoms with van der Waals surface area (Å²) in [7, 11) is 0. The van der Waals surface area contributed by atoms with Crippen molar-refractivity contribution in [3.63, 3.8) is 0 Å². The van der Waals surface area contributed by atoms with Crippen LogP contribution in [0.3, 0.4) is 0 Å². The van der Waals surface area contributed by atoms with Gasteiger partial charge in [0.25, 0.3) is 0 Å². The molecule has 6 nitrogen and oxygen atoms in total. The fourth-order valence-electron chi connectivity index (χ4n) is 2.25. The minimum Gasteiger partial charge on any atom is -0.454 e. The van der Waals surface area contributed by atoms with Crippen LogP contribution in [0, 0.1) is 0 Å². The van der Waals surface area contributed by atoms with Gasteiger partial charge in [-0.25, -0.2) is 4.79 Å². The van der Waals surface area contributed by atoms with E-state index in [0.29, 0.717) is 6.79 Å². The molecule has 0 atom stereocenters. The van der Waals surface area contributed by atoms with Gasteiger partial charge in [-0.05, 0) is 50.9 Å². The Morgan fingerprint density at radius 2 is 2.14 bits per heavy atom. The number of carbonyl (C=O) groups excluding carboxylic acids is 1. The van der Waals surface area contributed by atoms with E-state index >= 15 is 0 Å². The molecule has 2 rings (SSSR count). The molecule has 0 spiro atoms. The van der Waals surface area contributed by atoms with Gasteiger partial charge in [-0.15, -0.1) is 0 Å². The van der Waals surface area contributed by atoms with Crippen molar-refractivity contribution >= 4 is 6.09 Å². The van der Waals surface area contributed by atoms with Gasteiger partial charge in [0.2, 0.25) is 6.79 Å². The van der Waals surface area contributed by atoms with Crippen molar-refractivity contribution in [1.29, 1.82) is 0 Å². The smallest absolute Gasteiger partial charge is 0.405 e. The highest BCUT2D eigenvalue weighted by Gasteiger charge is 2.20. The van der Waals surface area contributed by atoms with Crippen LogP contribution in [0.1, 0.15) is 32.3 Å². The first kappa shape index (κ1) is 15.4. The third-order valence-corrected chi connectivity index (χ3v) is 3.28. The van der Waals surface area contributed by atoms with Crippen molar-refractivity contribution in [3.8, 4) is 11.5 Å². The van der Waals surface area contributed by atoms with Crippen molar-refractivity contribution in [2.75, 3.05) is 13.3 Å². The van der Waals surface area contributed by atoms with Crippen LogP contribution >= 0.6 is 0 Å². The largest absolute Gasteiger partial charge is 0.454 e. The summed E-state index contributed by atoms with van der Waals surface area (Å²) in [5, 5.41) is 3.35. The van der Waals surface area contributed by atoms with Gasteiger partial charge in [-0.1, -0.05) is 6.07 Å². The molecule has 0 saturated heterocycles. The monoisotopic (exact) mass is 294 g/mol. The summed E-state index contributed by atoms with van der Waals surface area (Å²) in [6.45, 7) is 5.60. The van der Waals surface area contributed by atoms with E-state index in [9.17, 15) is 4.79 Å². The normalized spacial score (nSPS) is 13.2. The van der Waals surface area contributed by atoms with E-state index in [4.69, 9.17) is 19.9 Å². The molecule has 0 unspecified atom stereocenters. The Hall–Kier alpha value is -1.95. The molecular weight excluding hydrogens is 272 g/mol. The molecule has 116 valence electrons. The molecule has 1 aliphatic heterocycles. The van der Waals surface area contributed by atoms with E-state index < -0.39 is 11.7 Å². The molecule has 6 heteroatoms. The minimum absolute atomic E-state index is 0.293. The summed E-state index contributed by atoms with van der Waals surface area (Å²) in [5.41, 5.74) is 5.65. The highest BCUT2D eigenvalue weighted by atomic mass is 16.7. The predicted molar refractivity (Wildman–Crippen MR) is 78.3 cm³/mol. The van der Waals surface area contributed by atoms with Gasteiger partial charge in [0, 0.05) is 6.54 Å². The molecule has 0 radical (unpaired) electrons. The first-order valence-electron chi connectivity index (χ1n) is 7.04. The predicted octanol–water partition coefficient (Wildman–Crippen LogP) is 2.16. The molecular formula is C15H22N2O4. The number of carbonyl (C=O) groups is 1. The molecule has 3 N–H and O–H groups in total. The van der Waals surface area contributed by atoms with Gasteiger partial charge in [0.1, 0.15) is 5.60 Å². The van der Waals surface area contributed by atoms with E-state index in [1.807, 2.05) is 32.0 Å². The van der Waals surface area contributed by atoms with Crippen molar-refractivity contribution < 1.29 is 19.0 Å². The lowest BCUT2D eigenvalue weighted by atomic mass is 10.0. The number of fused-ring (bicyclic) bond motifs is 1. The highest BCUT2D eigenvalue weighted by molar-refractivity contribution is 5.65. The first-order valence-corrected chi connectivity index (χ1v) is 7.04. The molecule has 0 fully saturated rings. The van der Waals surface area contributed by atoms with Crippen molar-refractivity contribution in [1.82, 2.24) is 5.32 Å². The van der Waals surface area contributed by atoms with E-state index in [0.717, 1.165) is 43.0 Å². The third-order valence-electron chi connectivity index (χ3n) is 3.28. The minimum atomic E-state index is -0.728. The van der Waals surface area contributed by atoms with Gasteiger partial charge in [-0.3, -0.25) is 0 Å². The van der Waals surface area contributed by atoms with Crippen LogP contribution < -0.4 is 20.5 Å². The second kappa shape index (κ2) is 6.67. The Morgan fingerprint density at radius 3 is 2.90 bits per heavy atom. The number of rotatable bonds is 7. The second-order valence-corrected chi connectivity index (χ2v) is 5.65. The lowest BCUT2D eigenvalue weighted by molar-refractivity contribution is 0.0377. The number of nitrogens with two attached hydrogens (primary N) is 1. The lowest BCUT2D eigenvalue weighted by Gasteiger charge is -2.23. The molecule has 0 aromatic heterocycles. The molecule has 1 amide bonds. The zero-order chi connectivity index (χ0) is 15.3. The average Bonchev–Trinajstić information content (AvgIpc) is 2.84. The zero-order valence-corrected chi connectivity index (χ0v) is 12.5. The number of amides is 1. The van der Waals surface area contributed by atoms with Crippen LogP contribution in [0.25, 0.3) is 0 Å². The number of benzene rings is 1. The van der Waals surface area contributed by atoms with Crippen LogP contribution in [0.2, 0.25) is 0 Å². The summed E-state index contributed by atoms with van der Waals surface area (Å²) >= 11 is 0. The quantitative estimate of drug-likeness (QED) is 0.753. The van der Waals surface area contributed by atoms with Crippen LogP contribution in [-0.2, 0) is 11.3 Å². The lowest BCUT2D eigenvalue weighted by Crippen LogP contribution is -2.32. The van der Waals surface area contributed by atoms with Gasteiger partial charge < -0.3 is 25.3 Å². The molecule has 0 bridgehead atoms. The van der Waals surface area contributed by atoms with E-state index in [-0.39, 0.29) is 0 Å². The Bertz CT molecular complexity index is 502. The molecule has 1 aromatic rings. The molecule has 1 heterocycles. The molecule has 0 saturated carbocycles. The standard InChI is InChI=1S/C15H22N2O4/c1-15(2,21-14(16)18)6-3-7-17-9-11-4-5-12-13(8-11)20-10-19-12/h4-5,8,17H,3,6-7,9-10H2,1-2H3,(H2,16,18). The third kappa shape index (κ3) is 4.82. The Balaban J connectivity index is 1.67. The van der Waals surface area contributed by atoms with E-state index in [1.165, 1.54) is 0 Å². The topological polar surface area (TPSA) is 82.8 Å². The maximum atomic E-state index is 10.7. The number of nitrogens with one attached hydrogen (secondary N) is 1. The van der Waals surface area contributed by atoms with Gasteiger partial charge in [-0.2, -0.15) is 0 Å². The van der Waals surface area contributed by atoms with Gasteiger partial charge >= 0.3 is 6.09 Å². The summed E-state index contributed by atoms with van der Waals surface area (Å²) < 4.78 is 15.6. The molecule has 1 aliphatic rings. The van der Waals surface area contributed by atoms with E-state index in [1.54, 1.807) is 0 Å². The van der Waals surface area contributed by atoms with Crippen molar-refractivity contribution in [2.45, 2.75) is 38.8 Å². The summed E-state index contributed by atoms with van der Waals surface area (Å²) in [4.78, 5) is 10.7. The van der Waals surface area contributed by atoms with Gasteiger partial charge in [0.05, 0.1) is 0 Å². The SMILES string of the molecule is CC(C)(CCCNCc1ccc2c(c1)OCO2)OC(N)=O. The second-order valence-electron chi connectivity index (χ2n) is 5.65. The van der Waals surface area contributed by atoms with Crippen LogP contribution in [0.4, 0.5) is 4.79 Å². The molecule has 0 aliphatic carbocycles. The number of ether oxygens (including phenoxy) is 3. The first-order chi connectivity index (χ1) is 9.96. The zero-order valence-electron chi connectivity index (χ0n) is 12.5. The maximum Gasteiger partial charge on any atom is 0.405 e. The van der Waals surface area contributed by atoms with Crippen molar-refractivity contribution in [3.05, 3.63) is 23.8 Å². The average molecular weight is 294 g/mol.